The van der Waals surface area contributed by atoms with Crippen molar-refractivity contribution in [2.24, 2.45) is 5.41 Å². The molecule has 2 aliphatic carbocycles. The Morgan fingerprint density at radius 3 is 2.38 bits per heavy atom. The number of hydrogen-bond donors (Lipinski definition) is 3. The molecule has 5 aliphatic rings. The number of carboxylic acids is 1. The summed E-state index contributed by atoms with van der Waals surface area (Å²) in [7, 11) is 2.92. The fraction of sp³-hybridized carbons (Fsp3) is 0.442. The molecule has 2 bridgehead atoms. The molecule has 2 aromatic carbocycles. The molecule has 0 spiro atoms. The monoisotopic (exact) mass is 819 g/mol. The first kappa shape index (κ1) is 39.9. The highest BCUT2D eigenvalue weighted by Crippen LogP contribution is 2.48. The summed E-state index contributed by atoms with van der Waals surface area (Å²) in [6.45, 7) is 1.49. The van der Waals surface area contributed by atoms with Crippen molar-refractivity contribution < 1.29 is 42.1 Å². The number of fused-ring (bicyclic) bond motifs is 4. The maximum atomic E-state index is 14.7. The highest BCUT2D eigenvalue weighted by Gasteiger charge is 2.50. The maximum Gasteiger partial charge on any atom is 0.421 e. The van der Waals surface area contributed by atoms with E-state index in [4.69, 9.17) is 30.8 Å². The highest BCUT2D eigenvalue weighted by molar-refractivity contribution is 6.36. The summed E-state index contributed by atoms with van der Waals surface area (Å²) in [5.74, 6) is -0.904. The Bertz CT molecular complexity index is 2230. The summed E-state index contributed by atoms with van der Waals surface area (Å²) in [5.41, 5.74) is 3.74. The van der Waals surface area contributed by atoms with Crippen LogP contribution in [0.2, 0.25) is 5.02 Å². The Labute approximate surface area is 339 Å². The van der Waals surface area contributed by atoms with Gasteiger partial charge in [-0.3, -0.25) is 14.5 Å². The third-order valence-electron chi connectivity index (χ3n) is 12.2. The van der Waals surface area contributed by atoms with Gasteiger partial charge in [-0.05, 0) is 73.8 Å². The van der Waals surface area contributed by atoms with Crippen LogP contribution in [-0.4, -0.2) is 71.2 Å². The minimum atomic E-state index is -4.77. The number of pyridine rings is 2. The molecule has 3 N–H and O–H groups in total. The summed E-state index contributed by atoms with van der Waals surface area (Å²) >= 11 is 7.14. The van der Waals surface area contributed by atoms with Crippen LogP contribution in [0.25, 0.3) is 22.4 Å². The number of amides is 1. The molecule has 4 aromatic rings. The normalized spacial score (nSPS) is 22.8. The molecule has 3 aliphatic heterocycles. The summed E-state index contributed by atoms with van der Waals surface area (Å²) in [4.78, 5) is 34.8. The zero-order chi connectivity index (χ0) is 40.8. The van der Waals surface area contributed by atoms with E-state index in [1.54, 1.807) is 7.11 Å². The fourth-order valence-electron chi connectivity index (χ4n) is 9.19. The van der Waals surface area contributed by atoms with Crippen LogP contribution in [0.4, 0.5) is 13.2 Å². The van der Waals surface area contributed by atoms with Crippen LogP contribution in [-0.2, 0) is 35.3 Å². The second-order valence-electron chi connectivity index (χ2n) is 15.7. The van der Waals surface area contributed by atoms with Crippen LogP contribution in [0.15, 0.2) is 54.6 Å². The van der Waals surface area contributed by atoms with Gasteiger partial charge in [0.15, 0.2) is 0 Å². The zero-order valence-electron chi connectivity index (χ0n) is 32.3. The number of carboxylic acid groups (broad SMARTS) is 1. The number of nitrogens with zero attached hydrogens (tertiary/aromatic N) is 3. The lowest BCUT2D eigenvalue weighted by Gasteiger charge is -2.50. The van der Waals surface area contributed by atoms with Gasteiger partial charge in [0.2, 0.25) is 23.5 Å². The molecular formula is C43H45ClF3N5O6. The Morgan fingerprint density at radius 1 is 0.948 bits per heavy atom. The van der Waals surface area contributed by atoms with Crippen LogP contribution < -0.4 is 24.8 Å². The number of ether oxygens (including phenoxy) is 3. The Morgan fingerprint density at radius 2 is 1.67 bits per heavy atom. The number of halogens is 4. The number of methoxy groups -OCH3 is 2. The van der Waals surface area contributed by atoms with Gasteiger partial charge in [0.25, 0.3) is 0 Å². The highest BCUT2D eigenvalue weighted by atomic mass is 35.5. The number of piperidine rings is 2. The van der Waals surface area contributed by atoms with Gasteiger partial charge in [-0.25, -0.2) is 4.98 Å². The van der Waals surface area contributed by atoms with Crippen molar-refractivity contribution in [1.82, 2.24) is 25.5 Å². The van der Waals surface area contributed by atoms with E-state index in [1.807, 2.05) is 53.4 Å². The standard InChI is InChI=1S/C43H45ClF3N5O6/c1-56-38-24(20-48-21-26-10-14-36(53)49-26)9-12-34(50-38)32-8-4-7-31(37(32)44)28-5-3-6-30-29(28)11-13-35(30)58-40-33(43(45,46)47)19-25(39(51-40)57-2)22-52-23-42(41(54)55)17-15-27(52)16-18-42/h3-9,12,19,26-27,35,48H,10-11,13-18,20-23H2,1-2H3,(H,49,53)(H,54,55)/t26-,27?,35-,42?/m0/s1. The number of carbonyl (C=O) groups is 2. The van der Waals surface area contributed by atoms with E-state index in [0.717, 1.165) is 40.3 Å². The van der Waals surface area contributed by atoms with Crippen molar-refractivity contribution in [3.05, 3.63) is 87.4 Å². The number of alkyl halides is 3. The van der Waals surface area contributed by atoms with E-state index in [9.17, 15) is 27.9 Å². The first-order valence-electron chi connectivity index (χ1n) is 19.6. The van der Waals surface area contributed by atoms with Gasteiger partial charge in [0, 0.05) is 66.9 Å². The smallest absolute Gasteiger partial charge is 0.421 e. The van der Waals surface area contributed by atoms with Crippen LogP contribution >= 0.6 is 11.6 Å². The molecule has 15 heteroatoms. The second kappa shape index (κ2) is 16.0. The van der Waals surface area contributed by atoms with Gasteiger partial charge < -0.3 is 30.0 Å². The Balaban J connectivity index is 1.03. The van der Waals surface area contributed by atoms with Crippen molar-refractivity contribution in [1.29, 1.82) is 0 Å². The average molecular weight is 820 g/mol. The van der Waals surface area contributed by atoms with Gasteiger partial charge in [0.1, 0.15) is 11.7 Å². The largest absolute Gasteiger partial charge is 0.481 e. The summed E-state index contributed by atoms with van der Waals surface area (Å²) in [6.07, 6.45) is -0.728. The predicted molar refractivity (Wildman–Crippen MR) is 210 cm³/mol. The minimum Gasteiger partial charge on any atom is -0.481 e. The van der Waals surface area contributed by atoms with Gasteiger partial charge in [-0.1, -0.05) is 54.1 Å². The van der Waals surface area contributed by atoms with Gasteiger partial charge in [-0.2, -0.15) is 18.2 Å². The fourth-order valence-corrected chi connectivity index (χ4v) is 9.52. The lowest BCUT2D eigenvalue weighted by molar-refractivity contribution is -0.160. The number of hydrogen-bond acceptors (Lipinski definition) is 9. The summed E-state index contributed by atoms with van der Waals surface area (Å²) in [5, 5.41) is 16.8. The van der Waals surface area contributed by atoms with E-state index in [1.165, 1.54) is 7.11 Å². The van der Waals surface area contributed by atoms with Gasteiger partial charge in [0.05, 0.1) is 30.4 Å². The summed E-state index contributed by atoms with van der Waals surface area (Å²) in [6, 6.07) is 16.4. The lowest BCUT2D eigenvalue weighted by atomic mass is 9.67. The lowest BCUT2D eigenvalue weighted by Crippen LogP contribution is -2.56. The van der Waals surface area contributed by atoms with E-state index in [2.05, 4.69) is 15.6 Å². The van der Waals surface area contributed by atoms with Crippen molar-refractivity contribution in [2.45, 2.75) is 88.8 Å². The van der Waals surface area contributed by atoms with Crippen LogP contribution in [0.5, 0.6) is 17.6 Å². The predicted octanol–water partition coefficient (Wildman–Crippen LogP) is 7.76. The topological polar surface area (TPSA) is 135 Å². The van der Waals surface area contributed by atoms with E-state index >= 15 is 0 Å². The number of rotatable bonds is 13. The molecule has 5 heterocycles. The molecule has 58 heavy (non-hydrogen) atoms. The number of nitrogens with one attached hydrogen (secondary N) is 2. The maximum absolute atomic E-state index is 14.7. The quantitative estimate of drug-likeness (QED) is 0.123. The van der Waals surface area contributed by atoms with E-state index in [-0.39, 0.29) is 42.5 Å². The molecular weight excluding hydrogens is 775 g/mol. The van der Waals surface area contributed by atoms with Crippen LogP contribution in [0.3, 0.4) is 0 Å². The molecule has 1 amide bonds. The third-order valence-corrected chi connectivity index (χ3v) is 12.7. The first-order valence-corrected chi connectivity index (χ1v) is 20.0. The molecule has 306 valence electrons. The average Bonchev–Trinajstić information content (AvgIpc) is 3.83. The molecule has 9 rings (SSSR count). The number of aromatic nitrogens is 2. The molecule has 1 saturated carbocycles. The molecule has 11 nitrogen and oxygen atoms in total. The first-order chi connectivity index (χ1) is 27.9. The van der Waals surface area contributed by atoms with Gasteiger partial charge in [-0.15, -0.1) is 0 Å². The molecule has 0 unspecified atom stereocenters. The van der Waals surface area contributed by atoms with E-state index < -0.39 is 35.1 Å². The number of benzene rings is 2. The molecule has 3 saturated heterocycles. The Kier molecular flexibility index (Phi) is 11.0. The van der Waals surface area contributed by atoms with Crippen molar-refractivity contribution in [3.63, 3.8) is 0 Å². The third kappa shape index (κ3) is 7.69. The van der Waals surface area contributed by atoms with Crippen molar-refractivity contribution >= 4 is 23.5 Å². The SMILES string of the molecule is COc1nc(-c2cccc(-c3cccc4c3CC[C@@H]4Oc3nc(OC)c(CN4CC5(C(=O)O)CCC4CC5)cc3C(F)(F)F)c2Cl)ccc1CNC[C@@H]1CCC(=O)N1. The second-order valence-corrected chi connectivity index (χ2v) is 16.1. The van der Waals surface area contributed by atoms with Crippen LogP contribution in [0, 0.1) is 5.41 Å². The van der Waals surface area contributed by atoms with Crippen molar-refractivity contribution in [3.8, 4) is 40.0 Å². The number of aliphatic carboxylic acids is 1. The molecule has 2 atom stereocenters. The van der Waals surface area contributed by atoms with Gasteiger partial charge >= 0.3 is 12.1 Å². The molecule has 0 radical (unpaired) electrons. The minimum absolute atomic E-state index is 0.0120. The number of carbonyl (C=O) groups excluding carboxylic acids is 1. The Hall–Kier alpha value is -4.92. The van der Waals surface area contributed by atoms with Crippen LogP contribution in [0.1, 0.15) is 78.9 Å². The molecule has 4 fully saturated rings. The molecule has 2 aromatic heterocycles. The summed E-state index contributed by atoms with van der Waals surface area (Å²) < 4.78 is 61.6. The van der Waals surface area contributed by atoms with Crippen molar-refractivity contribution in [2.75, 3.05) is 27.3 Å². The zero-order valence-corrected chi connectivity index (χ0v) is 33.0. The van der Waals surface area contributed by atoms with E-state index in [0.29, 0.717) is 80.2 Å².